The van der Waals surface area contributed by atoms with Gasteiger partial charge in [-0.15, -0.1) is 0 Å². The zero-order chi connectivity index (χ0) is 15.1. The Morgan fingerprint density at radius 3 is 2.25 bits per heavy atom. The van der Waals surface area contributed by atoms with Crippen molar-refractivity contribution in [1.82, 2.24) is 0 Å². The van der Waals surface area contributed by atoms with Crippen LogP contribution in [0.15, 0.2) is 18.2 Å². The summed E-state index contributed by atoms with van der Waals surface area (Å²) in [5.74, 6) is -6.83. The minimum Gasteiger partial charge on any atom is -0.353 e. The Morgan fingerprint density at radius 2 is 1.80 bits per heavy atom. The van der Waals surface area contributed by atoms with Crippen molar-refractivity contribution in [1.29, 1.82) is 0 Å². The molecule has 110 valence electrons. The first kappa shape index (κ1) is 14.6. The van der Waals surface area contributed by atoms with E-state index in [0.29, 0.717) is 6.07 Å². The van der Waals surface area contributed by atoms with Gasteiger partial charge in [0.05, 0.1) is 16.7 Å². The van der Waals surface area contributed by atoms with Crippen molar-refractivity contribution in [3.63, 3.8) is 0 Å². The first-order valence-electron chi connectivity index (χ1n) is 5.38. The van der Waals surface area contributed by atoms with Gasteiger partial charge in [0, 0.05) is 6.07 Å². The largest absolute Gasteiger partial charge is 0.353 e. The number of morpholine rings is 1. The highest BCUT2D eigenvalue weighted by molar-refractivity contribution is 5.53. The van der Waals surface area contributed by atoms with E-state index in [1.165, 1.54) is 0 Å². The molecular weight excluding hydrogens is 279 g/mol. The standard InChI is InChI=1S/C10H11FN2O7/c11-7-3-6(13(18)19)1-2-8(7)12-4-9(14,15)20-10(16,17)5-12/h1-3,14-17H,4-5H2. The molecule has 1 aromatic carbocycles. The number of β-amino-alcohol motifs (C(OH)–C–C–N with tert-alkyl or cyclic N) is 4. The second-order valence-electron chi connectivity index (χ2n) is 4.34. The van der Waals surface area contributed by atoms with Gasteiger partial charge in [0.2, 0.25) is 0 Å². The van der Waals surface area contributed by atoms with Crippen LogP contribution < -0.4 is 4.90 Å². The van der Waals surface area contributed by atoms with E-state index >= 15 is 0 Å². The Balaban J connectivity index is 2.34. The van der Waals surface area contributed by atoms with Crippen LogP contribution in [0.25, 0.3) is 0 Å². The predicted molar refractivity (Wildman–Crippen MR) is 60.7 cm³/mol. The van der Waals surface area contributed by atoms with Gasteiger partial charge in [-0.05, 0) is 6.07 Å². The molecule has 4 N–H and O–H groups in total. The summed E-state index contributed by atoms with van der Waals surface area (Å²) >= 11 is 0. The van der Waals surface area contributed by atoms with Crippen LogP contribution in [0.1, 0.15) is 0 Å². The van der Waals surface area contributed by atoms with Crippen LogP contribution in [0.5, 0.6) is 0 Å². The fourth-order valence-corrected chi connectivity index (χ4v) is 1.92. The van der Waals surface area contributed by atoms with E-state index in [0.717, 1.165) is 17.0 Å². The summed E-state index contributed by atoms with van der Waals surface area (Å²) in [6.07, 6.45) is 0. The molecule has 1 heterocycles. The number of benzene rings is 1. The first-order valence-corrected chi connectivity index (χ1v) is 5.38. The van der Waals surface area contributed by atoms with Gasteiger partial charge >= 0.3 is 11.9 Å². The number of rotatable bonds is 2. The van der Waals surface area contributed by atoms with Crippen LogP contribution in [-0.4, -0.2) is 50.4 Å². The van der Waals surface area contributed by atoms with Gasteiger partial charge in [0.25, 0.3) is 5.69 Å². The maximum Gasteiger partial charge on any atom is 0.300 e. The average Bonchev–Trinajstić information content (AvgIpc) is 2.24. The minimum absolute atomic E-state index is 0.265. The number of halogens is 1. The van der Waals surface area contributed by atoms with Gasteiger partial charge < -0.3 is 25.3 Å². The summed E-state index contributed by atoms with van der Waals surface area (Å²) in [4.78, 5) is 10.6. The zero-order valence-corrected chi connectivity index (χ0v) is 9.93. The molecule has 20 heavy (non-hydrogen) atoms. The summed E-state index contributed by atoms with van der Waals surface area (Å²) < 4.78 is 17.9. The van der Waals surface area contributed by atoms with Gasteiger partial charge in [0.15, 0.2) is 5.82 Å². The summed E-state index contributed by atoms with van der Waals surface area (Å²) in [5.41, 5.74) is -0.753. The highest BCUT2D eigenvalue weighted by Crippen LogP contribution is 2.30. The Bertz CT molecular complexity index is 532. The lowest BCUT2D eigenvalue weighted by Crippen LogP contribution is -2.62. The van der Waals surface area contributed by atoms with Crippen molar-refractivity contribution in [3.8, 4) is 0 Å². The molecule has 1 aliphatic rings. The highest BCUT2D eigenvalue weighted by Gasteiger charge is 2.46. The number of non-ortho nitro benzene ring substituents is 1. The molecule has 1 saturated heterocycles. The van der Waals surface area contributed by atoms with Gasteiger partial charge in [-0.2, -0.15) is 0 Å². The number of nitro benzene ring substituents is 1. The monoisotopic (exact) mass is 290 g/mol. The number of hydrogen-bond donors (Lipinski definition) is 4. The molecule has 9 nitrogen and oxygen atoms in total. The maximum absolute atomic E-state index is 13.8. The minimum atomic E-state index is -2.91. The number of nitro groups is 1. The van der Waals surface area contributed by atoms with Crippen molar-refractivity contribution in [2.45, 2.75) is 11.9 Å². The summed E-state index contributed by atoms with van der Waals surface area (Å²) in [5, 5.41) is 47.8. The van der Waals surface area contributed by atoms with Crippen molar-refractivity contribution in [2.24, 2.45) is 0 Å². The fourth-order valence-electron chi connectivity index (χ4n) is 1.92. The molecule has 0 spiro atoms. The third kappa shape index (κ3) is 3.00. The molecule has 0 bridgehead atoms. The van der Waals surface area contributed by atoms with Crippen LogP contribution >= 0.6 is 0 Å². The average molecular weight is 290 g/mol. The van der Waals surface area contributed by atoms with Crippen molar-refractivity contribution in [2.75, 3.05) is 18.0 Å². The Labute approximate surface area is 111 Å². The number of ether oxygens (including phenoxy) is 1. The van der Waals surface area contributed by atoms with Gasteiger partial charge in [-0.25, -0.2) is 4.39 Å². The third-order valence-electron chi connectivity index (χ3n) is 2.60. The molecule has 0 amide bonds. The lowest BCUT2D eigenvalue weighted by molar-refractivity contribution is -0.474. The number of nitrogens with zero attached hydrogens (tertiary/aromatic N) is 2. The normalized spacial score (nSPS) is 20.8. The lowest BCUT2D eigenvalue weighted by Gasteiger charge is -2.42. The molecule has 1 fully saturated rings. The molecule has 10 heteroatoms. The molecule has 0 radical (unpaired) electrons. The summed E-state index contributed by atoms with van der Waals surface area (Å²) in [6.45, 7) is -1.35. The third-order valence-corrected chi connectivity index (χ3v) is 2.60. The molecule has 1 aromatic rings. The number of hydrogen-bond acceptors (Lipinski definition) is 8. The summed E-state index contributed by atoms with van der Waals surface area (Å²) in [7, 11) is 0. The van der Waals surface area contributed by atoms with E-state index in [-0.39, 0.29) is 5.69 Å². The quantitative estimate of drug-likeness (QED) is 0.304. The smallest absolute Gasteiger partial charge is 0.300 e. The van der Waals surface area contributed by atoms with E-state index in [1.54, 1.807) is 0 Å². The second kappa shape index (κ2) is 4.61. The fraction of sp³-hybridized carbons (Fsp3) is 0.400. The molecule has 0 unspecified atom stereocenters. The topological polar surface area (TPSA) is 137 Å². The predicted octanol–water partition coefficient (Wildman–Crippen LogP) is -1.15. The van der Waals surface area contributed by atoms with Crippen molar-refractivity contribution >= 4 is 11.4 Å². The number of anilines is 1. The van der Waals surface area contributed by atoms with Gasteiger partial charge in [-0.3, -0.25) is 14.9 Å². The first-order chi connectivity index (χ1) is 9.10. The van der Waals surface area contributed by atoms with E-state index in [9.17, 15) is 34.9 Å². The van der Waals surface area contributed by atoms with Gasteiger partial charge in [0.1, 0.15) is 13.1 Å². The SMILES string of the molecule is O=[N+]([O-])c1ccc(N2CC(O)(O)OC(O)(O)C2)c(F)c1. The van der Waals surface area contributed by atoms with Crippen molar-refractivity contribution in [3.05, 3.63) is 34.1 Å². The molecule has 0 aliphatic carbocycles. The molecule has 2 rings (SSSR count). The molecule has 0 atom stereocenters. The van der Waals surface area contributed by atoms with Crippen LogP contribution in [0, 0.1) is 15.9 Å². The Morgan fingerprint density at radius 1 is 1.25 bits per heavy atom. The zero-order valence-electron chi connectivity index (χ0n) is 9.93. The van der Waals surface area contributed by atoms with Crippen LogP contribution in [0.3, 0.4) is 0 Å². The van der Waals surface area contributed by atoms with Crippen LogP contribution in [0.4, 0.5) is 15.8 Å². The van der Waals surface area contributed by atoms with E-state index < -0.39 is 41.5 Å². The van der Waals surface area contributed by atoms with Crippen molar-refractivity contribution < 1.29 is 34.5 Å². The maximum atomic E-state index is 13.8. The summed E-state index contributed by atoms with van der Waals surface area (Å²) in [6, 6.07) is 2.66. The lowest BCUT2D eigenvalue weighted by atomic mass is 10.2. The Kier molecular flexibility index (Phi) is 3.36. The van der Waals surface area contributed by atoms with E-state index in [2.05, 4.69) is 4.74 Å². The molecule has 0 aromatic heterocycles. The van der Waals surface area contributed by atoms with Crippen LogP contribution in [-0.2, 0) is 4.74 Å². The van der Waals surface area contributed by atoms with E-state index in [4.69, 9.17) is 0 Å². The molecular formula is C10H11FN2O7. The number of aliphatic hydroxyl groups is 4. The molecule has 1 aliphatic heterocycles. The van der Waals surface area contributed by atoms with Gasteiger partial charge in [-0.1, -0.05) is 0 Å². The second-order valence-corrected chi connectivity index (χ2v) is 4.34. The highest BCUT2D eigenvalue weighted by atomic mass is 19.1. The van der Waals surface area contributed by atoms with E-state index in [1.807, 2.05) is 0 Å². The Hall–Kier alpha value is -1.85. The van der Waals surface area contributed by atoms with Crippen LogP contribution in [0.2, 0.25) is 0 Å². The molecule has 0 saturated carbocycles.